The quantitative estimate of drug-likeness (QED) is 0.853. The molecule has 1 heterocycles. The van der Waals surface area contributed by atoms with Gasteiger partial charge < -0.3 is 5.11 Å². The molecule has 0 aliphatic carbocycles. The van der Waals surface area contributed by atoms with Crippen LogP contribution < -0.4 is 4.72 Å². The van der Waals surface area contributed by atoms with Crippen LogP contribution in [0.5, 0.6) is 0 Å². The summed E-state index contributed by atoms with van der Waals surface area (Å²) in [7, 11) is -3.53. The first-order chi connectivity index (χ1) is 9.34. The molecule has 0 amide bonds. The van der Waals surface area contributed by atoms with E-state index in [1.165, 1.54) is 9.87 Å². The van der Waals surface area contributed by atoms with E-state index in [1.807, 2.05) is 24.3 Å². The lowest BCUT2D eigenvalue weighted by Gasteiger charge is -2.32. The smallest absolute Gasteiger partial charge is 0.280 e. The van der Waals surface area contributed by atoms with E-state index in [9.17, 15) is 8.42 Å². The molecule has 2 rings (SSSR count). The zero-order valence-electron chi connectivity index (χ0n) is 12.0. The minimum absolute atomic E-state index is 0.0433. The Kier molecular flexibility index (Phi) is 4.49. The van der Waals surface area contributed by atoms with Crippen molar-refractivity contribution in [2.75, 3.05) is 13.2 Å². The molecule has 1 aliphatic heterocycles. The number of nitrogens with one attached hydrogen (secondary N) is 1. The van der Waals surface area contributed by atoms with E-state index < -0.39 is 15.7 Å². The minimum atomic E-state index is -3.53. The summed E-state index contributed by atoms with van der Waals surface area (Å²) in [6.07, 6.45) is 1.12. The third-order valence-electron chi connectivity index (χ3n) is 3.58. The van der Waals surface area contributed by atoms with Crippen LogP contribution in [0.4, 0.5) is 0 Å². The van der Waals surface area contributed by atoms with Crippen LogP contribution in [0.25, 0.3) is 0 Å². The summed E-state index contributed by atoms with van der Waals surface area (Å²) in [5.74, 6) is 0. The number of benzene rings is 1. The molecule has 2 N–H and O–H groups in total. The molecular weight excluding hydrogens is 276 g/mol. The topological polar surface area (TPSA) is 69.6 Å². The molecule has 5 nitrogen and oxygen atoms in total. The van der Waals surface area contributed by atoms with Crippen molar-refractivity contribution in [3.63, 3.8) is 0 Å². The minimum Gasteiger partial charge on any atom is -0.396 e. The molecule has 0 saturated heterocycles. The number of rotatable bonds is 5. The van der Waals surface area contributed by atoms with Crippen molar-refractivity contribution >= 4 is 10.2 Å². The van der Waals surface area contributed by atoms with E-state index in [0.29, 0.717) is 19.5 Å². The van der Waals surface area contributed by atoms with Crippen LogP contribution in [0.3, 0.4) is 0 Å². The summed E-state index contributed by atoms with van der Waals surface area (Å²) in [6, 6.07) is 7.92. The largest absolute Gasteiger partial charge is 0.396 e. The zero-order chi connectivity index (χ0) is 14.8. The van der Waals surface area contributed by atoms with Crippen LogP contribution >= 0.6 is 0 Å². The van der Waals surface area contributed by atoms with Gasteiger partial charge in [0.05, 0.1) is 0 Å². The number of hydrogen-bond acceptors (Lipinski definition) is 3. The van der Waals surface area contributed by atoms with Crippen LogP contribution in [0.15, 0.2) is 24.3 Å². The Morgan fingerprint density at radius 2 is 1.95 bits per heavy atom. The lowest BCUT2D eigenvalue weighted by Crippen LogP contribution is -2.51. The van der Waals surface area contributed by atoms with Crippen molar-refractivity contribution in [2.24, 2.45) is 0 Å². The Bertz CT molecular complexity index is 570. The maximum absolute atomic E-state index is 12.4. The van der Waals surface area contributed by atoms with Gasteiger partial charge in [0.15, 0.2) is 0 Å². The molecule has 0 atom stereocenters. The van der Waals surface area contributed by atoms with E-state index in [4.69, 9.17) is 5.11 Å². The summed E-state index contributed by atoms with van der Waals surface area (Å²) >= 11 is 0. The fourth-order valence-electron chi connectivity index (χ4n) is 2.42. The SMILES string of the molecule is CC(C)(CCO)NS(=O)(=O)N1CCc2ccccc2C1. The van der Waals surface area contributed by atoms with Gasteiger partial charge in [-0.15, -0.1) is 0 Å². The maximum atomic E-state index is 12.4. The molecule has 0 fully saturated rings. The molecule has 0 bridgehead atoms. The van der Waals surface area contributed by atoms with E-state index in [0.717, 1.165) is 12.0 Å². The van der Waals surface area contributed by atoms with Crippen molar-refractivity contribution < 1.29 is 13.5 Å². The first kappa shape index (κ1) is 15.4. The zero-order valence-corrected chi connectivity index (χ0v) is 12.8. The second-order valence-electron chi connectivity index (χ2n) is 5.82. The van der Waals surface area contributed by atoms with Gasteiger partial charge in [-0.3, -0.25) is 0 Å². The van der Waals surface area contributed by atoms with Gasteiger partial charge in [-0.05, 0) is 37.8 Å². The second kappa shape index (κ2) is 5.81. The monoisotopic (exact) mass is 298 g/mol. The van der Waals surface area contributed by atoms with Gasteiger partial charge in [-0.25, -0.2) is 0 Å². The Morgan fingerprint density at radius 3 is 2.60 bits per heavy atom. The van der Waals surface area contributed by atoms with Gasteiger partial charge in [0, 0.05) is 25.2 Å². The van der Waals surface area contributed by atoms with Crippen LogP contribution in [0.1, 0.15) is 31.4 Å². The summed E-state index contributed by atoms with van der Waals surface area (Å²) in [5.41, 5.74) is 1.63. The highest BCUT2D eigenvalue weighted by molar-refractivity contribution is 7.87. The summed E-state index contributed by atoms with van der Waals surface area (Å²) < 4.78 is 29.0. The molecule has 0 spiro atoms. The first-order valence-corrected chi connectivity index (χ1v) is 8.25. The van der Waals surface area contributed by atoms with E-state index >= 15 is 0 Å². The van der Waals surface area contributed by atoms with Crippen LogP contribution in [0, 0.1) is 0 Å². The molecule has 0 aromatic heterocycles. The normalized spacial score (nSPS) is 16.9. The van der Waals surface area contributed by atoms with Crippen molar-refractivity contribution in [3.8, 4) is 0 Å². The number of hydrogen-bond donors (Lipinski definition) is 2. The third kappa shape index (κ3) is 3.58. The molecule has 0 unspecified atom stereocenters. The Labute approximate surface area is 120 Å². The van der Waals surface area contributed by atoms with E-state index in [2.05, 4.69) is 4.72 Å². The fourth-order valence-corrected chi connectivity index (χ4v) is 3.99. The highest BCUT2D eigenvalue weighted by Crippen LogP contribution is 2.21. The molecule has 1 aromatic carbocycles. The van der Waals surface area contributed by atoms with Crippen molar-refractivity contribution in [1.29, 1.82) is 0 Å². The Morgan fingerprint density at radius 1 is 1.30 bits per heavy atom. The molecule has 1 aromatic rings. The van der Waals surface area contributed by atoms with Crippen molar-refractivity contribution in [1.82, 2.24) is 9.03 Å². The average molecular weight is 298 g/mol. The van der Waals surface area contributed by atoms with Gasteiger partial charge in [0.25, 0.3) is 10.2 Å². The maximum Gasteiger partial charge on any atom is 0.280 e. The average Bonchev–Trinajstić information content (AvgIpc) is 2.36. The van der Waals surface area contributed by atoms with Gasteiger partial charge in [-0.2, -0.15) is 17.4 Å². The van der Waals surface area contributed by atoms with E-state index in [-0.39, 0.29) is 6.61 Å². The van der Waals surface area contributed by atoms with Crippen LogP contribution in [-0.2, 0) is 23.2 Å². The number of nitrogens with zero attached hydrogens (tertiary/aromatic N) is 1. The van der Waals surface area contributed by atoms with Crippen LogP contribution in [0.2, 0.25) is 0 Å². The highest BCUT2D eigenvalue weighted by Gasteiger charge is 2.31. The van der Waals surface area contributed by atoms with Gasteiger partial charge in [0.2, 0.25) is 0 Å². The summed E-state index contributed by atoms with van der Waals surface area (Å²) in [5, 5.41) is 8.99. The number of aliphatic hydroxyl groups excluding tert-OH is 1. The predicted octanol–water partition coefficient (Wildman–Crippen LogP) is 1.04. The highest BCUT2D eigenvalue weighted by atomic mass is 32.2. The standard InChI is InChI=1S/C14H22N2O3S/c1-14(2,8-10-17)15-20(18,19)16-9-7-12-5-3-4-6-13(12)11-16/h3-6,15,17H,7-11H2,1-2H3. The summed E-state index contributed by atoms with van der Waals surface area (Å²) in [4.78, 5) is 0. The lowest BCUT2D eigenvalue weighted by molar-refractivity contribution is 0.242. The lowest BCUT2D eigenvalue weighted by atomic mass is 10.0. The molecule has 20 heavy (non-hydrogen) atoms. The van der Waals surface area contributed by atoms with Gasteiger partial charge in [0.1, 0.15) is 0 Å². The molecule has 0 radical (unpaired) electrons. The summed E-state index contributed by atoms with van der Waals surface area (Å²) in [6.45, 7) is 4.40. The van der Waals surface area contributed by atoms with Crippen LogP contribution in [-0.4, -0.2) is 36.5 Å². The van der Waals surface area contributed by atoms with E-state index in [1.54, 1.807) is 13.8 Å². The molecule has 6 heteroatoms. The van der Waals surface area contributed by atoms with Gasteiger partial charge in [-0.1, -0.05) is 24.3 Å². The third-order valence-corrected chi connectivity index (χ3v) is 5.38. The Balaban J connectivity index is 2.12. The number of aliphatic hydroxyl groups is 1. The van der Waals surface area contributed by atoms with Gasteiger partial charge >= 0.3 is 0 Å². The van der Waals surface area contributed by atoms with Crippen molar-refractivity contribution in [3.05, 3.63) is 35.4 Å². The molecular formula is C14H22N2O3S. The molecule has 1 aliphatic rings. The number of fused-ring (bicyclic) bond motifs is 1. The van der Waals surface area contributed by atoms with Crippen molar-refractivity contribution in [2.45, 2.75) is 38.8 Å². The predicted molar refractivity (Wildman–Crippen MR) is 78.4 cm³/mol. The molecule has 112 valence electrons. The fraction of sp³-hybridized carbons (Fsp3) is 0.571. The molecule has 0 saturated carbocycles. The Hall–Kier alpha value is -0.950. The first-order valence-electron chi connectivity index (χ1n) is 6.81. The second-order valence-corrected chi connectivity index (χ2v) is 7.49.